The Hall–Kier alpha value is -3.73. The van der Waals surface area contributed by atoms with Gasteiger partial charge in [-0.05, 0) is 48.2 Å². The normalized spacial score (nSPS) is 11.1. The number of anilines is 1. The van der Waals surface area contributed by atoms with Gasteiger partial charge in [0.15, 0.2) is 0 Å². The number of pyridine rings is 2. The average molecular weight is 412 g/mol. The fourth-order valence-electron chi connectivity index (χ4n) is 3.59. The number of nitrogens with one attached hydrogen (secondary N) is 1. The Morgan fingerprint density at radius 2 is 1.74 bits per heavy atom. The molecule has 4 aromatic rings. The third-order valence-corrected chi connectivity index (χ3v) is 5.42. The maximum atomic E-state index is 13.1. The molecule has 0 aliphatic rings. The molecule has 0 aliphatic heterocycles. The molecule has 0 aliphatic carbocycles. The summed E-state index contributed by atoms with van der Waals surface area (Å²) in [6.07, 6.45) is 1.75. The molecule has 0 unspecified atom stereocenters. The van der Waals surface area contributed by atoms with E-state index in [1.54, 1.807) is 23.8 Å². The van der Waals surface area contributed by atoms with E-state index < -0.39 is 0 Å². The molecule has 31 heavy (non-hydrogen) atoms. The van der Waals surface area contributed by atoms with Crippen LogP contribution in [-0.2, 0) is 6.54 Å². The summed E-state index contributed by atoms with van der Waals surface area (Å²) >= 11 is 0. The Morgan fingerprint density at radius 1 is 1.03 bits per heavy atom. The highest BCUT2D eigenvalue weighted by atomic mass is 16.1. The number of amides is 1. The lowest BCUT2D eigenvalue weighted by Gasteiger charge is -2.11. The van der Waals surface area contributed by atoms with Gasteiger partial charge < -0.3 is 9.88 Å². The van der Waals surface area contributed by atoms with Gasteiger partial charge in [-0.2, -0.15) is 0 Å². The lowest BCUT2D eigenvalue weighted by Crippen LogP contribution is -2.22. The van der Waals surface area contributed by atoms with Gasteiger partial charge in [0.1, 0.15) is 0 Å². The standard InChI is InChI=1S/C26H25N3O2/c1-17(2)20-9-11-21(12-10-20)28-25(30)22-15-23-24(27-18(22)3)13-14-29(26(23)31)16-19-7-5-4-6-8-19/h4-15,17H,16H2,1-3H3,(H,28,30). The van der Waals surface area contributed by atoms with E-state index in [1.165, 1.54) is 5.56 Å². The van der Waals surface area contributed by atoms with Crippen molar-refractivity contribution in [2.45, 2.75) is 33.2 Å². The number of carbonyl (C=O) groups excluding carboxylic acids is 1. The minimum atomic E-state index is -0.276. The van der Waals surface area contributed by atoms with Gasteiger partial charge in [0.25, 0.3) is 11.5 Å². The van der Waals surface area contributed by atoms with E-state index >= 15 is 0 Å². The van der Waals surface area contributed by atoms with Gasteiger partial charge in [-0.15, -0.1) is 0 Å². The van der Waals surface area contributed by atoms with E-state index in [2.05, 4.69) is 24.1 Å². The molecule has 2 heterocycles. The van der Waals surface area contributed by atoms with E-state index in [0.29, 0.717) is 40.3 Å². The zero-order chi connectivity index (χ0) is 22.0. The van der Waals surface area contributed by atoms with Crippen LogP contribution in [0.15, 0.2) is 77.7 Å². The van der Waals surface area contributed by atoms with E-state index in [-0.39, 0.29) is 11.5 Å². The Morgan fingerprint density at radius 3 is 2.42 bits per heavy atom. The van der Waals surface area contributed by atoms with Crippen molar-refractivity contribution in [3.8, 4) is 0 Å². The van der Waals surface area contributed by atoms with E-state index in [0.717, 1.165) is 5.56 Å². The first kappa shape index (κ1) is 20.5. The van der Waals surface area contributed by atoms with Crippen LogP contribution < -0.4 is 10.9 Å². The van der Waals surface area contributed by atoms with Crippen LogP contribution >= 0.6 is 0 Å². The highest BCUT2D eigenvalue weighted by Crippen LogP contribution is 2.19. The second kappa shape index (κ2) is 8.56. The smallest absolute Gasteiger partial charge is 0.260 e. The van der Waals surface area contributed by atoms with Gasteiger partial charge >= 0.3 is 0 Å². The summed E-state index contributed by atoms with van der Waals surface area (Å²) < 4.78 is 1.64. The third-order valence-electron chi connectivity index (χ3n) is 5.42. The molecular weight excluding hydrogens is 386 g/mol. The molecule has 2 aromatic heterocycles. The highest BCUT2D eigenvalue weighted by Gasteiger charge is 2.15. The van der Waals surface area contributed by atoms with Crippen LogP contribution in [0, 0.1) is 6.92 Å². The molecule has 4 rings (SSSR count). The van der Waals surface area contributed by atoms with Crippen molar-refractivity contribution in [1.82, 2.24) is 9.55 Å². The summed E-state index contributed by atoms with van der Waals surface area (Å²) in [6, 6.07) is 21.1. The fraction of sp³-hybridized carbons (Fsp3) is 0.192. The zero-order valence-corrected chi connectivity index (χ0v) is 17.9. The predicted octanol–water partition coefficient (Wildman–Crippen LogP) is 5.13. The van der Waals surface area contributed by atoms with Crippen LogP contribution in [0.2, 0.25) is 0 Å². The van der Waals surface area contributed by atoms with Crippen molar-refractivity contribution in [2.24, 2.45) is 0 Å². The molecule has 1 amide bonds. The second-order valence-corrected chi connectivity index (χ2v) is 8.02. The van der Waals surface area contributed by atoms with E-state index in [4.69, 9.17) is 0 Å². The van der Waals surface area contributed by atoms with Crippen LogP contribution in [0.3, 0.4) is 0 Å². The first-order chi connectivity index (χ1) is 14.9. The number of hydrogen-bond donors (Lipinski definition) is 1. The summed E-state index contributed by atoms with van der Waals surface area (Å²) in [5, 5.41) is 3.35. The minimum absolute atomic E-state index is 0.163. The molecule has 0 fully saturated rings. The summed E-state index contributed by atoms with van der Waals surface area (Å²) in [6.45, 7) is 6.50. The highest BCUT2D eigenvalue weighted by molar-refractivity contribution is 6.06. The molecule has 156 valence electrons. The molecule has 2 aromatic carbocycles. The first-order valence-corrected chi connectivity index (χ1v) is 10.4. The number of aryl methyl sites for hydroxylation is 1. The summed E-state index contributed by atoms with van der Waals surface area (Å²) in [7, 11) is 0. The second-order valence-electron chi connectivity index (χ2n) is 8.02. The molecule has 5 heteroatoms. The quantitative estimate of drug-likeness (QED) is 0.495. The third kappa shape index (κ3) is 4.40. The number of benzene rings is 2. The number of aromatic nitrogens is 2. The maximum absolute atomic E-state index is 13.1. The van der Waals surface area contributed by atoms with Gasteiger partial charge in [-0.1, -0.05) is 56.3 Å². The molecule has 0 spiro atoms. The zero-order valence-electron chi connectivity index (χ0n) is 17.9. The van der Waals surface area contributed by atoms with Crippen LogP contribution in [0.1, 0.15) is 46.9 Å². The predicted molar refractivity (Wildman–Crippen MR) is 125 cm³/mol. The van der Waals surface area contributed by atoms with Crippen molar-refractivity contribution in [3.63, 3.8) is 0 Å². The van der Waals surface area contributed by atoms with Gasteiger partial charge in [0.05, 0.1) is 28.7 Å². The van der Waals surface area contributed by atoms with Crippen LogP contribution in [-0.4, -0.2) is 15.5 Å². The number of nitrogens with zero attached hydrogens (tertiary/aromatic N) is 2. The van der Waals surface area contributed by atoms with Gasteiger partial charge in [-0.25, -0.2) is 0 Å². The molecule has 1 N–H and O–H groups in total. The van der Waals surface area contributed by atoms with Gasteiger partial charge in [0, 0.05) is 11.9 Å². The molecule has 0 radical (unpaired) electrons. The molecule has 0 bridgehead atoms. The average Bonchev–Trinajstić information content (AvgIpc) is 2.76. The van der Waals surface area contributed by atoms with Gasteiger partial charge in [-0.3, -0.25) is 14.6 Å². The Bertz CT molecular complexity index is 1290. The fourth-order valence-corrected chi connectivity index (χ4v) is 3.59. The number of hydrogen-bond acceptors (Lipinski definition) is 3. The van der Waals surface area contributed by atoms with Crippen molar-refractivity contribution >= 4 is 22.5 Å². The van der Waals surface area contributed by atoms with Crippen LogP contribution in [0.5, 0.6) is 0 Å². The molecule has 0 saturated heterocycles. The molecule has 0 saturated carbocycles. The van der Waals surface area contributed by atoms with Crippen molar-refractivity contribution in [3.05, 3.63) is 106 Å². The molecule has 5 nitrogen and oxygen atoms in total. The number of carbonyl (C=O) groups is 1. The van der Waals surface area contributed by atoms with Crippen molar-refractivity contribution in [2.75, 3.05) is 5.32 Å². The lowest BCUT2D eigenvalue weighted by molar-refractivity contribution is 0.102. The largest absolute Gasteiger partial charge is 0.322 e. The van der Waals surface area contributed by atoms with E-state index in [9.17, 15) is 9.59 Å². The summed E-state index contributed by atoms with van der Waals surface area (Å²) in [5.41, 5.74) is 4.36. The lowest BCUT2D eigenvalue weighted by atomic mass is 10.0. The van der Waals surface area contributed by atoms with Crippen molar-refractivity contribution < 1.29 is 4.79 Å². The van der Waals surface area contributed by atoms with E-state index in [1.807, 2.05) is 60.7 Å². The van der Waals surface area contributed by atoms with Gasteiger partial charge in [0.2, 0.25) is 0 Å². The SMILES string of the molecule is Cc1nc2ccn(Cc3ccccc3)c(=O)c2cc1C(=O)Nc1ccc(C(C)C)cc1. The molecular formula is C26H25N3O2. The maximum Gasteiger partial charge on any atom is 0.260 e. The van der Waals surface area contributed by atoms with Crippen LogP contribution in [0.4, 0.5) is 5.69 Å². The Balaban J connectivity index is 1.65. The Kier molecular flexibility index (Phi) is 5.67. The molecule has 0 atom stereocenters. The number of fused-ring (bicyclic) bond motifs is 1. The monoisotopic (exact) mass is 411 g/mol. The first-order valence-electron chi connectivity index (χ1n) is 10.4. The topological polar surface area (TPSA) is 64.0 Å². The summed E-state index contributed by atoms with van der Waals surface area (Å²) in [4.78, 5) is 30.5. The minimum Gasteiger partial charge on any atom is -0.322 e. The Labute approximate surface area is 181 Å². The number of rotatable bonds is 5. The van der Waals surface area contributed by atoms with Crippen LogP contribution in [0.25, 0.3) is 10.9 Å². The summed E-state index contributed by atoms with van der Waals surface area (Å²) in [5.74, 6) is 0.150. The van der Waals surface area contributed by atoms with Crippen molar-refractivity contribution in [1.29, 1.82) is 0 Å².